The Hall–Kier alpha value is -1.75. The summed E-state index contributed by atoms with van der Waals surface area (Å²) in [5.74, 6) is 0.619. The first-order chi connectivity index (χ1) is 8.62. The quantitative estimate of drug-likeness (QED) is 0.840. The zero-order valence-corrected chi connectivity index (χ0v) is 11.1. The molecule has 1 aromatic carbocycles. The number of nitrogens with zero attached hydrogens (tertiary/aromatic N) is 1. The Morgan fingerprint density at radius 3 is 2.78 bits per heavy atom. The van der Waals surface area contributed by atoms with Gasteiger partial charge in [-0.3, -0.25) is 0 Å². The molecule has 1 aromatic rings. The topological polar surface area (TPSA) is 61.8 Å². The molecule has 100 valence electrons. The van der Waals surface area contributed by atoms with Crippen molar-refractivity contribution in [1.29, 1.82) is 0 Å². The molecule has 0 spiro atoms. The van der Waals surface area contributed by atoms with Crippen LogP contribution in [0.2, 0.25) is 0 Å². The molecule has 2 N–H and O–H groups in total. The number of ether oxygens (including phenoxy) is 1. The molecule has 0 aliphatic carbocycles. The minimum Gasteiger partial charge on any atom is -0.495 e. The van der Waals surface area contributed by atoms with Crippen LogP contribution in [-0.2, 0) is 0 Å². The van der Waals surface area contributed by atoms with Crippen LogP contribution in [0.5, 0.6) is 5.75 Å². The molecular weight excluding hydrogens is 232 g/mol. The van der Waals surface area contributed by atoms with E-state index in [0.717, 1.165) is 5.56 Å². The summed E-state index contributed by atoms with van der Waals surface area (Å²) in [5, 5.41) is 11.7. The fourth-order valence-corrected chi connectivity index (χ4v) is 1.64. The number of aliphatic hydroxyl groups is 1. The average molecular weight is 252 g/mol. The van der Waals surface area contributed by atoms with E-state index in [1.165, 1.54) is 4.90 Å². The van der Waals surface area contributed by atoms with Gasteiger partial charge in [-0.05, 0) is 31.5 Å². The van der Waals surface area contributed by atoms with Crippen molar-refractivity contribution in [3.63, 3.8) is 0 Å². The second-order valence-electron chi connectivity index (χ2n) is 3.94. The standard InChI is InChI=1S/C13H20N2O3/c1-4-15(7-8-16)13(17)14-11-9-10(2)5-6-12(11)18-3/h5-6,9,16H,4,7-8H2,1-3H3,(H,14,17). The first-order valence-corrected chi connectivity index (χ1v) is 5.93. The molecule has 0 fully saturated rings. The number of hydrogen-bond donors (Lipinski definition) is 2. The summed E-state index contributed by atoms with van der Waals surface area (Å²) in [6, 6.07) is 5.34. The van der Waals surface area contributed by atoms with Gasteiger partial charge in [-0.1, -0.05) is 6.07 Å². The van der Waals surface area contributed by atoms with Gasteiger partial charge in [0.15, 0.2) is 0 Å². The lowest BCUT2D eigenvalue weighted by atomic mass is 10.2. The van der Waals surface area contributed by atoms with Crippen LogP contribution in [-0.4, -0.2) is 42.8 Å². The largest absolute Gasteiger partial charge is 0.495 e. The fraction of sp³-hybridized carbons (Fsp3) is 0.462. The highest BCUT2D eigenvalue weighted by Crippen LogP contribution is 2.25. The highest BCUT2D eigenvalue weighted by atomic mass is 16.5. The van der Waals surface area contributed by atoms with Crippen LogP contribution >= 0.6 is 0 Å². The number of carbonyl (C=O) groups is 1. The predicted molar refractivity (Wildman–Crippen MR) is 71.1 cm³/mol. The molecule has 0 saturated carbocycles. The maximum absolute atomic E-state index is 12.0. The van der Waals surface area contributed by atoms with Crippen LogP contribution in [0.4, 0.5) is 10.5 Å². The lowest BCUT2D eigenvalue weighted by molar-refractivity contribution is 0.192. The van der Waals surface area contributed by atoms with E-state index in [1.54, 1.807) is 7.11 Å². The van der Waals surface area contributed by atoms with Gasteiger partial charge in [0.1, 0.15) is 5.75 Å². The van der Waals surface area contributed by atoms with Gasteiger partial charge in [0.25, 0.3) is 0 Å². The first kappa shape index (κ1) is 14.3. The molecule has 0 aliphatic heterocycles. The highest BCUT2D eigenvalue weighted by Gasteiger charge is 2.13. The van der Waals surface area contributed by atoms with E-state index in [-0.39, 0.29) is 12.6 Å². The van der Waals surface area contributed by atoms with Gasteiger partial charge in [0.2, 0.25) is 0 Å². The Morgan fingerprint density at radius 1 is 1.50 bits per heavy atom. The summed E-state index contributed by atoms with van der Waals surface area (Å²) in [6.45, 7) is 4.62. The van der Waals surface area contributed by atoms with E-state index in [2.05, 4.69) is 5.32 Å². The number of methoxy groups -OCH3 is 1. The molecule has 0 radical (unpaired) electrons. The van der Waals surface area contributed by atoms with Crippen molar-refractivity contribution in [3.8, 4) is 5.75 Å². The number of hydrogen-bond acceptors (Lipinski definition) is 3. The maximum atomic E-state index is 12.0. The second-order valence-corrected chi connectivity index (χ2v) is 3.94. The molecule has 1 rings (SSSR count). The van der Waals surface area contributed by atoms with Crippen molar-refractivity contribution in [3.05, 3.63) is 23.8 Å². The van der Waals surface area contributed by atoms with Gasteiger partial charge in [0.05, 0.1) is 19.4 Å². The highest BCUT2D eigenvalue weighted by molar-refractivity contribution is 5.91. The summed E-state index contributed by atoms with van der Waals surface area (Å²) in [6.07, 6.45) is 0. The Morgan fingerprint density at radius 2 is 2.22 bits per heavy atom. The normalized spacial score (nSPS) is 10.0. The van der Waals surface area contributed by atoms with Crippen molar-refractivity contribution in [2.24, 2.45) is 0 Å². The molecular formula is C13H20N2O3. The molecule has 5 nitrogen and oxygen atoms in total. The predicted octanol–water partition coefficient (Wildman–Crippen LogP) is 1.85. The lowest BCUT2D eigenvalue weighted by Gasteiger charge is -2.21. The Labute approximate surface area is 107 Å². The van der Waals surface area contributed by atoms with Gasteiger partial charge in [-0.15, -0.1) is 0 Å². The third-order valence-electron chi connectivity index (χ3n) is 2.64. The van der Waals surface area contributed by atoms with Crippen molar-refractivity contribution >= 4 is 11.7 Å². The number of aryl methyl sites for hydroxylation is 1. The Bertz CT molecular complexity index is 407. The van der Waals surface area contributed by atoms with Gasteiger partial charge in [-0.25, -0.2) is 4.79 Å². The summed E-state index contributed by atoms with van der Waals surface area (Å²) in [5.41, 5.74) is 1.68. The molecule has 0 atom stereocenters. The summed E-state index contributed by atoms with van der Waals surface area (Å²) in [4.78, 5) is 13.5. The molecule has 5 heteroatoms. The van der Waals surface area contributed by atoms with Crippen LogP contribution in [0.25, 0.3) is 0 Å². The van der Waals surface area contributed by atoms with Gasteiger partial charge >= 0.3 is 6.03 Å². The maximum Gasteiger partial charge on any atom is 0.322 e. The Kier molecular flexibility index (Phi) is 5.45. The molecule has 18 heavy (non-hydrogen) atoms. The number of carbonyl (C=O) groups excluding carboxylic acids is 1. The zero-order valence-electron chi connectivity index (χ0n) is 11.1. The fourth-order valence-electron chi connectivity index (χ4n) is 1.64. The molecule has 2 amide bonds. The number of likely N-dealkylation sites (N-methyl/N-ethyl adjacent to an activating group) is 1. The smallest absolute Gasteiger partial charge is 0.322 e. The van der Waals surface area contributed by atoms with E-state index in [9.17, 15) is 4.79 Å². The Balaban J connectivity index is 2.82. The van der Waals surface area contributed by atoms with Crippen molar-refractivity contribution in [1.82, 2.24) is 4.90 Å². The van der Waals surface area contributed by atoms with E-state index in [4.69, 9.17) is 9.84 Å². The first-order valence-electron chi connectivity index (χ1n) is 5.93. The van der Waals surface area contributed by atoms with Crippen LogP contribution in [0.1, 0.15) is 12.5 Å². The number of rotatable bonds is 5. The van der Waals surface area contributed by atoms with E-state index in [0.29, 0.717) is 24.5 Å². The van der Waals surface area contributed by atoms with Crippen LogP contribution < -0.4 is 10.1 Å². The van der Waals surface area contributed by atoms with E-state index < -0.39 is 0 Å². The van der Waals surface area contributed by atoms with E-state index >= 15 is 0 Å². The van der Waals surface area contributed by atoms with E-state index in [1.807, 2.05) is 32.0 Å². The van der Waals surface area contributed by atoms with Crippen LogP contribution in [0, 0.1) is 6.92 Å². The SMILES string of the molecule is CCN(CCO)C(=O)Nc1cc(C)ccc1OC. The van der Waals surface area contributed by atoms with Crippen molar-refractivity contribution in [2.75, 3.05) is 32.1 Å². The summed E-state index contributed by atoms with van der Waals surface area (Å²) in [7, 11) is 1.56. The molecule has 0 heterocycles. The molecule has 0 aliphatic rings. The number of nitrogens with one attached hydrogen (secondary N) is 1. The number of aliphatic hydroxyl groups excluding tert-OH is 1. The third kappa shape index (κ3) is 3.63. The zero-order chi connectivity index (χ0) is 13.5. The van der Waals surface area contributed by atoms with Gasteiger partial charge < -0.3 is 20.1 Å². The molecule has 0 bridgehead atoms. The third-order valence-corrected chi connectivity index (χ3v) is 2.64. The molecule has 0 saturated heterocycles. The minimum atomic E-state index is -0.240. The number of anilines is 1. The average Bonchev–Trinajstić information content (AvgIpc) is 2.36. The lowest BCUT2D eigenvalue weighted by Crippen LogP contribution is -2.36. The van der Waals surface area contributed by atoms with Crippen LogP contribution in [0.15, 0.2) is 18.2 Å². The molecule has 0 unspecified atom stereocenters. The van der Waals surface area contributed by atoms with Crippen molar-refractivity contribution < 1.29 is 14.6 Å². The number of urea groups is 1. The van der Waals surface area contributed by atoms with Gasteiger partial charge in [0, 0.05) is 13.1 Å². The second kappa shape index (κ2) is 6.86. The summed E-state index contributed by atoms with van der Waals surface area (Å²) < 4.78 is 5.19. The molecule has 0 aromatic heterocycles. The number of amides is 2. The summed E-state index contributed by atoms with van der Waals surface area (Å²) >= 11 is 0. The van der Waals surface area contributed by atoms with Crippen LogP contribution in [0.3, 0.4) is 0 Å². The monoisotopic (exact) mass is 252 g/mol. The van der Waals surface area contributed by atoms with Gasteiger partial charge in [-0.2, -0.15) is 0 Å². The van der Waals surface area contributed by atoms with Crippen molar-refractivity contribution in [2.45, 2.75) is 13.8 Å². The number of benzene rings is 1. The minimum absolute atomic E-state index is 0.0494.